The van der Waals surface area contributed by atoms with Gasteiger partial charge in [-0.15, -0.1) is 0 Å². The summed E-state index contributed by atoms with van der Waals surface area (Å²) in [6.07, 6.45) is 2.58. The van der Waals surface area contributed by atoms with E-state index < -0.39 is 10.0 Å². The molecule has 1 aromatic carbocycles. The maximum absolute atomic E-state index is 11.8. The number of sulfonamides is 1. The van der Waals surface area contributed by atoms with Crippen molar-refractivity contribution in [2.24, 2.45) is 0 Å². The van der Waals surface area contributed by atoms with Crippen LogP contribution in [0.4, 0.5) is 0 Å². The summed E-state index contributed by atoms with van der Waals surface area (Å²) >= 11 is 0. The summed E-state index contributed by atoms with van der Waals surface area (Å²) < 4.78 is 26.3. The third-order valence-electron chi connectivity index (χ3n) is 3.19. The highest BCUT2D eigenvalue weighted by Crippen LogP contribution is 2.05. The van der Waals surface area contributed by atoms with Crippen LogP contribution in [0.25, 0.3) is 0 Å². The zero-order valence-electron chi connectivity index (χ0n) is 12.5. The van der Waals surface area contributed by atoms with Crippen molar-refractivity contribution in [2.45, 2.75) is 39.7 Å². The van der Waals surface area contributed by atoms with Crippen molar-refractivity contribution in [1.29, 1.82) is 0 Å². The lowest BCUT2D eigenvalue weighted by Crippen LogP contribution is -2.26. The molecule has 0 aromatic heterocycles. The van der Waals surface area contributed by atoms with E-state index in [1.807, 2.05) is 31.2 Å². The summed E-state index contributed by atoms with van der Waals surface area (Å²) in [5, 5.41) is 3.19. The molecule has 0 radical (unpaired) electrons. The molecule has 114 valence electrons. The highest BCUT2D eigenvalue weighted by molar-refractivity contribution is 7.89. The van der Waals surface area contributed by atoms with Gasteiger partial charge >= 0.3 is 0 Å². The SMILES string of the molecule is CCNCCCCS(=O)(=O)NCc1ccc(CC)cc1. The number of aryl methyl sites for hydroxylation is 1. The second kappa shape index (κ2) is 9.10. The lowest BCUT2D eigenvalue weighted by Gasteiger charge is -2.07. The van der Waals surface area contributed by atoms with Crippen molar-refractivity contribution in [3.63, 3.8) is 0 Å². The minimum absolute atomic E-state index is 0.200. The third-order valence-corrected chi connectivity index (χ3v) is 4.60. The van der Waals surface area contributed by atoms with Gasteiger partial charge < -0.3 is 5.32 Å². The van der Waals surface area contributed by atoms with Crippen molar-refractivity contribution in [3.8, 4) is 0 Å². The van der Waals surface area contributed by atoms with Crippen molar-refractivity contribution in [2.75, 3.05) is 18.8 Å². The third kappa shape index (κ3) is 7.03. The van der Waals surface area contributed by atoms with Crippen LogP contribution in [0.1, 0.15) is 37.8 Å². The number of hydrogen-bond acceptors (Lipinski definition) is 3. The Morgan fingerprint density at radius 1 is 1.00 bits per heavy atom. The number of nitrogens with one attached hydrogen (secondary N) is 2. The lowest BCUT2D eigenvalue weighted by atomic mass is 10.1. The van der Waals surface area contributed by atoms with Gasteiger partial charge in [-0.3, -0.25) is 0 Å². The van der Waals surface area contributed by atoms with Gasteiger partial charge in [-0.05, 0) is 43.5 Å². The Morgan fingerprint density at radius 3 is 2.25 bits per heavy atom. The molecule has 0 aliphatic rings. The maximum atomic E-state index is 11.8. The van der Waals surface area contributed by atoms with Crippen LogP contribution in [-0.4, -0.2) is 27.3 Å². The van der Waals surface area contributed by atoms with Gasteiger partial charge in [-0.2, -0.15) is 0 Å². The molecule has 0 fully saturated rings. The van der Waals surface area contributed by atoms with E-state index in [0.29, 0.717) is 13.0 Å². The lowest BCUT2D eigenvalue weighted by molar-refractivity contribution is 0.574. The molecule has 5 heteroatoms. The van der Waals surface area contributed by atoms with Crippen LogP contribution in [0.2, 0.25) is 0 Å². The summed E-state index contributed by atoms with van der Waals surface area (Å²) in [4.78, 5) is 0. The predicted molar refractivity (Wildman–Crippen MR) is 84.2 cm³/mol. The van der Waals surface area contributed by atoms with Crippen LogP contribution in [0.5, 0.6) is 0 Å². The highest BCUT2D eigenvalue weighted by atomic mass is 32.2. The Hall–Kier alpha value is -0.910. The zero-order valence-corrected chi connectivity index (χ0v) is 13.3. The summed E-state index contributed by atoms with van der Waals surface area (Å²) in [5.74, 6) is 0.200. The number of rotatable bonds is 10. The molecule has 1 rings (SSSR count). The van der Waals surface area contributed by atoms with Crippen LogP contribution in [0, 0.1) is 0 Å². The Labute approximate surface area is 123 Å². The molecular formula is C15H26N2O2S. The van der Waals surface area contributed by atoms with Gasteiger partial charge in [0.2, 0.25) is 10.0 Å². The average molecular weight is 298 g/mol. The summed E-state index contributed by atoms with van der Waals surface area (Å²) in [7, 11) is -3.16. The van der Waals surface area contributed by atoms with E-state index in [0.717, 1.165) is 31.5 Å². The van der Waals surface area contributed by atoms with Crippen LogP contribution >= 0.6 is 0 Å². The predicted octanol–water partition coefficient (Wildman–Crippen LogP) is 2.06. The molecule has 20 heavy (non-hydrogen) atoms. The van der Waals surface area contributed by atoms with Crippen LogP contribution in [-0.2, 0) is 23.0 Å². The smallest absolute Gasteiger partial charge is 0.211 e. The molecule has 0 aliphatic heterocycles. The summed E-state index contributed by atoms with van der Waals surface area (Å²) in [6, 6.07) is 8.04. The van der Waals surface area contributed by atoms with Crippen molar-refractivity contribution >= 4 is 10.0 Å². The van der Waals surface area contributed by atoms with Gasteiger partial charge in [0.25, 0.3) is 0 Å². The number of hydrogen-bond donors (Lipinski definition) is 2. The standard InChI is InChI=1S/C15H26N2O2S/c1-3-14-7-9-15(10-8-14)13-17-20(18,19)12-6-5-11-16-4-2/h7-10,16-17H,3-6,11-13H2,1-2H3. The van der Waals surface area contributed by atoms with Crippen LogP contribution in [0.3, 0.4) is 0 Å². The van der Waals surface area contributed by atoms with Crippen LogP contribution in [0.15, 0.2) is 24.3 Å². The second-order valence-electron chi connectivity index (χ2n) is 4.87. The summed E-state index contributed by atoms with van der Waals surface area (Å²) in [5.41, 5.74) is 2.26. The molecule has 0 unspecified atom stereocenters. The molecule has 4 nitrogen and oxygen atoms in total. The molecule has 2 N–H and O–H groups in total. The fourth-order valence-electron chi connectivity index (χ4n) is 1.88. The molecule has 0 saturated carbocycles. The van der Waals surface area contributed by atoms with Gasteiger partial charge in [0.15, 0.2) is 0 Å². The first-order valence-corrected chi connectivity index (χ1v) is 8.98. The fourth-order valence-corrected chi connectivity index (χ4v) is 2.99. The normalized spacial score (nSPS) is 11.7. The van der Waals surface area contributed by atoms with E-state index in [1.54, 1.807) is 0 Å². The van der Waals surface area contributed by atoms with Gasteiger partial charge in [0.1, 0.15) is 0 Å². The van der Waals surface area contributed by atoms with Crippen LogP contribution < -0.4 is 10.0 Å². The average Bonchev–Trinajstić information content (AvgIpc) is 2.45. The molecule has 0 saturated heterocycles. The molecular weight excluding hydrogens is 272 g/mol. The largest absolute Gasteiger partial charge is 0.317 e. The van der Waals surface area contributed by atoms with E-state index in [9.17, 15) is 8.42 Å². The van der Waals surface area contributed by atoms with E-state index in [1.165, 1.54) is 5.56 Å². The first-order valence-electron chi connectivity index (χ1n) is 7.33. The summed E-state index contributed by atoms with van der Waals surface area (Å²) in [6.45, 7) is 6.33. The molecule has 0 heterocycles. The molecule has 0 aliphatic carbocycles. The Morgan fingerprint density at radius 2 is 1.65 bits per heavy atom. The molecule has 0 atom stereocenters. The van der Waals surface area contributed by atoms with Gasteiger partial charge in [0, 0.05) is 6.54 Å². The first-order chi connectivity index (χ1) is 9.57. The van der Waals surface area contributed by atoms with Gasteiger partial charge in [-0.25, -0.2) is 13.1 Å². The van der Waals surface area contributed by atoms with E-state index >= 15 is 0 Å². The molecule has 1 aromatic rings. The quantitative estimate of drug-likeness (QED) is 0.650. The second-order valence-corrected chi connectivity index (χ2v) is 6.80. The topological polar surface area (TPSA) is 58.2 Å². The minimum atomic E-state index is -3.16. The fraction of sp³-hybridized carbons (Fsp3) is 0.600. The molecule has 0 spiro atoms. The number of benzene rings is 1. The van der Waals surface area contributed by atoms with Crippen molar-refractivity contribution in [3.05, 3.63) is 35.4 Å². The Balaban J connectivity index is 2.31. The Kier molecular flexibility index (Phi) is 7.80. The highest BCUT2D eigenvalue weighted by Gasteiger charge is 2.09. The molecule has 0 amide bonds. The zero-order chi connectivity index (χ0) is 14.8. The minimum Gasteiger partial charge on any atom is -0.317 e. The number of unbranched alkanes of at least 4 members (excludes halogenated alkanes) is 1. The van der Waals surface area contributed by atoms with E-state index in [-0.39, 0.29) is 5.75 Å². The van der Waals surface area contributed by atoms with Gasteiger partial charge in [0.05, 0.1) is 5.75 Å². The van der Waals surface area contributed by atoms with E-state index in [4.69, 9.17) is 0 Å². The van der Waals surface area contributed by atoms with Crippen molar-refractivity contribution < 1.29 is 8.42 Å². The van der Waals surface area contributed by atoms with Gasteiger partial charge in [-0.1, -0.05) is 38.1 Å². The van der Waals surface area contributed by atoms with E-state index in [2.05, 4.69) is 17.0 Å². The maximum Gasteiger partial charge on any atom is 0.211 e. The molecule has 0 bridgehead atoms. The Bertz CT molecular complexity index is 469. The monoisotopic (exact) mass is 298 g/mol. The first kappa shape index (κ1) is 17.1. The van der Waals surface area contributed by atoms with Crippen molar-refractivity contribution in [1.82, 2.24) is 10.0 Å².